The zero-order chi connectivity index (χ0) is 18.5. The van der Waals surface area contributed by atoms with Crippen molar-refractivity contribution < 1.29 is 26.3 Å². The largest absolute Gasteiger partial charge is 0.446 e. The minimum absolute atomic E-state index is 0.0342. The van der Waals surface area contributed by atoms with E-state index in [9.17, 15) is 21.6 Å². The van der Waals surface area contributed by atoms with E-state index in [4.69, 9.17) is 4.74 Å². The second-order valence-corrected chi connectivity index (χ2v) is 8.63. The number of methoxy groups -OCH3 is 1. The summed E-state index contributed by atoms with van der Waals surface area (Å²) >= 11 is -0.270. The third-order valence-electron chi connectivity index (χ3n) is 3.81. The van der Waals surface area contributed by atoms with Crippen LogP contribution in [-0.4, -0.2) is 58.2 Å². The first-order chi connectivity index (χ1) is 11.7. The Kier molecular flexibility index (Phi) is 7.15. The Morgan fingerprint density at radius 1 is 1.32 bits per heavy atom. The summed E-state index contributed by atoms with van der Waals surface area (Å²) in [6.45, 7) is 2.80. The maximum absolute atomic E-state index is 12.4. The Bertz CT molecular complexity index is 651. The number of halogens is 3. The van der Waals surface area contributed by atoms with E-state index in [2.05, 4.69) is 9.62 Å². The molecule has 5 nitrogen and oxygen atoms in total. The van der Waals surface area contributed by atoms with Crippen LogP contribution in [0, 0.1) is 0 Å². The van der Waals surface area contributed by atoms with Crippen LogP contribution in [0.5, 0.6) is 0 Å². The maximum atomic E-state index is 12.4. The fraction of sp³-hybridized carbons (Fsp3) is 0.600. The molecule has 0 aromatic heterocycles. The smallest absolute Gasteiger partial charge is 0.383 e. The van der Waals surface area contributed by atoms with Gasteiger partial charge in [0, 0.05) is 31.1 Å². The van der Waals surface area contributed by atoms with E-state index in [-0.39, 0.29) is 27.6 Å². The van der Waals surface area contributed by atoms with Crippen LogP contribution >= 0.6 is 11.8 Å². The minimum atomic E-state index is -4.40. The minimum Gasteiger partial charge on any atom is -0.383 e. The summed E-state index contributed by atoms with van der Waals surface area (Å²) in [4.78, 5) is 2.05. The third kappa shape index (κ3) is 6.78. The quantitative estimate of drug-likeness (QED) is 0.716. The average molecular weight is 398 g/mol. The molecule has 0 aliphatic carbocycles. The van der Waals surface area contributed by atoms with Gasteiger partial charge in [-0.2, -0.15) is 13.2 Å². The Hall–Kier alpha value is -0.810. The van der Waals surface area contributed by atoms with Gasteiger partial charge >= 0.3 is 5.51 Å². The Labute approximate surface area is 150 Å². The molecule has 0 bridgehead atoms. The highest BCUT2D eigenvalue weighted by molar-refractivity contribution is 8.00. The lowest BCUT2D eigenvalue weighted by Crippen LogP contribution is -2.48. The molecule has 1 aliphatic heterocycles. The van der Waals surface area contributed by atoms with Crippen molar-refractivity contribution in [2.75, 3.05) is 33.4 Å². The number of sulfonamides is 1. The van der Waals surface area contributed by atoms with Gasteiger partial charge in [0.05, 0.1) is 11.5 Å². The molecule has 0 unspecified atom stereocenters. The van der Waals surface area contributed by atoms with E-state index in [0.29, 0.717) is 13.2 Å². The van der Waals surface area contributed by atoms with Gasteiger partial charge in [0.1, 0.15) is 0 Å². The second-order valence-electron chi connectivity index (χ2n) is 5.77. The van der Waals surface area contributed by atoms with Crippen molar-refractivity contribution in [2.45, 2.75) is 34.2 Å². The number of likely N-dealkylation sites (tertiary alicyclic amines) is 1. The van der Waals surface area contributed by atoms with Crippen molar-refractivity contribution >= 4 is 21.8 Å². The molecule has 0 amide bonds. The molecule has 1 heterocycles. The van der Waals surface area contributed by atoms with Crippen molar-refractivity contribution in [2.24, 2.45) is 0 Å². The van der Waals surface area contributed by atoms with Gasteiger partial charge in [-0.05, 0) is 55.4 Å². The number of ether oxygens (including phenoxy) is 1. The molecule has 1 aliphatic rings. The standard InChI is InChI=1S/C15H21F3N2O3S2/c1-23-10-9-20-8-2-3-12(11-20)19-25(21,22)14-6-4-13(5-7-14)24-15(16,17)18/h4-7,12,19H,2-3,8-11H2,1H3/t12-/m1/s1. The molecule has 1 atom stereocenters. The second kappa shape index (κ2) is 8.72. The molecule has 10 heteroatoms. The monoisotopic (exact) mass is 398 g/mol. The number of alkyl halides is 3. The highest BCUT2D eigenvalue weighted by Gasteiger charge is 2.30. The van der Waals surface area contributed by atoms with Gasteiger partial charge < -0.3 is 4.74 Å². The highest BCUT2D eigenvalue weighted by atomic mass is 32.2. The first-order valence-corrected chi connectivity index (χ1v) is 10.1. The summed E-state index contributed by atoms with van der Waals surface area (Å²) in [5, 5.41) is 0. The van der Waals surface area contributed by atoms with Crippen molar-refractivity contribution in [3.63, 3.8) is 0 Å². The molecule has 1 aromatic rings. The van der Waals surface area contributed by atoms with E-state index >= 15 is 0 Å². The number of nitrogens with zero attached hydrogens (tertiary/aromatic N) is 1. The number of nitrogens with one attached hydrogen (secondary N) is 1. The molecule has 1 fully saturated rings. The number of rotatable bonds is 7. The van der Waals surface area contributed by atoms with E-state index in [1.165, 1.54) is 24.3 Å². The van der Waals surface area contributed by atoms with Crippen LogP contribution < -0.4 is 4.72 Å². The van der Waals surface area contributed by atoms with Gasteiger partial charge in [-0.25, -0.2) is 13.1 Å². The molecule has 1 aromatic carbocycles. The molecular weight excluding hydrogens is 377 g/mol. The first kappa shape index (κ1) is 20.5. The lowest BCUT2D eigenvalue weighted by atomic mass is 10.1. The lowest BCUT2D eigenvalue weighted by molar-refractivity contribution is -0.0328. The molecule has 25 heavy (non-hydrogen) atoms. The van der Waals surface area contributed by atoms with Gasteiger partial charge in [0.25, 0.3) is 0 Å². The predicted molar refractivity (Wildman–Crippen MR) is 90.0 cm³/mol. The third-order valence-corrected chi connectivity index (χ3v) is 6.08. The van der Waals surface area contributed by atoms with Crippen LogP contribution in [-0.2, 0) is 14.8 Å². The summed E-state index contributed by atoms with van der Waals surface area (Å²) < 4.78 is 69.5. The van der Waals surface area contributed by atoms with Crippen LogP contribution in [0.1, 0.15) is 12.8 Å². The number of hydrogen-bond acceptors (Lipinski definition) is 5. The van der Waals surface area contributed by atoms with Crippen LogP contribution in [0.15, 0.2) is 34.1 Å². The van der Waals surface area contributed by atoms with Gasteiger partial charge in [0.15, 0.2) is 0 Å². The summed E-state index contributed by atoms with van der Waals surface area (Å²) in [5.74, 6) is 0. The predicted octanol–water partition coefficient (Wildman–Crippen LogP) is 2.69. The topological polar surface area (TPSA) is 58.6 Å². The first-order valence-electron chi connectivity index (χ1n) is 7.79. The van der Waals surface area contributed by atoms with Crippen molar-refractivity contribution in [1.82, 2.24) is 9.62 Å². The van der Waals surface area contributed by atoms with Crippen molar-refractivity contribution in [3.8, 4) is 0 Å². The Morgan fingerprint density at radius 3 is 2.60 bits per heavy atom. The molecule has 0 saturated carbocycles. The maximum Gasteiger partial charge on any atom is 0.446 e. The van der Waals surface area contributed by atoms with Gasteiger partial charge in [0.2, 0.25) is 10.0 Å². The Morgan fingerprint density at radius 2 is 2.00 bits per heavy atom. The zero-order valence-corrected chi connectivity index (χ0v) is 15.4. The normalized spacial score (nSPS) is 19.9. The number of benzene rings is 1. The van der Waals surface area contributed by atoms with Crippen LogP contribution in [0.3, 0.4) is 0 Å². The number of thioether (sulfide) groups is 1. The molecular formula is C15H21F3N2O3S2. The molecule has 1 N–H and O–H groups in total. The SMILES string of the molecule is COCCN1CCC[C@@H](NS(=O)(=O)c2ccc(SC(F)(F)F)cc2)C1. The van der Waals surface area contributed by atoms with Gasteiger partial charge in [-0.3, -0.25) is 4.90 Å². The summed E-state index contributed by atoms with van der Waals surface area (Å²) in [6.07, 6.45) is 1.60. The summed E-state index contributed by atoms with van der Waals surface area (Å²) in [6, 6.07) is 4.50. The van der Waals surface area contributed by atoms with E-state index in [1.807, 2.05) is 0 Å². The number of hydrogen-bond donors (Lipinski definition) is 1. The summed E-state index contributed by atoms with van der Waals surface area (Å²) in [7, 11) is -2.15. The highest BCUT2D eigenvalue weighted by Crippen LogP contribution is 2.36. The number of piperidine rings is 1. The van der Waals surface area contributed by atoms with E-state index < -0.39 is 15.5 Å². The van der Waals surface area contributed by atoms with Crippen molar-refractivity contribution in [1.29, 1.82) is 0 Å². The Balaban J connectivity index is 1.98. The van der Waals surface area contributed by atoms with Gasteiger partial charge in [-0.1, -0.05) is 0 Å². The molecule has 0 radical (unpaired) electrons. The van der Waals surface area contributed by atoms with Crippen LogP contribution in [0.4, 0.5) is 13.2 Å². The van der Waals surface area contributed by atoms with Crippen LogP contribution in [0.25, 0.3) is 0 Å². The van der Waals surface area contributed by atoms with Gasteiger partial charge in [-0.15, -0.1) is 0 Å². The lowest BCUT2D eigenvalue weighted by Gasteiger charge is -2.32. The van der Waals surface area contributed by atoms with Crippen LogP contribution in [0.2, 0.25) is 0 Å². The zero-order valence-electron chi connectivity index (χ0n) is 13.8. The molecule has 0 spiro atoms. The fourth-order valence-corrected chi connectivity index (χ4v) is 4.48. The van der Waals surface area contributed by atoms with E-state index in [1.54, 1.807) is 7.11 Å². The molecule has 2 rings (SSSR count). The summed E-state index contributed by atoms with van der Waals surface area (Å²) in [5.41, 5.74) is -4.40. The van der Waals surface area contributed by atoms with E-state index in [0.717, 1.165) is 25.9 Å². The molecule has 142 valence electrons. The van der Waals surface area contributed by atoms with Crippen molar-refractivity contribution in [3.05, 3.63) is 24.3 Å². The molecule has 1 saturated heterocycles. The average Bonchev–Trinajstić information content (AvgIpc) is 2.52. The fourth-order valence-electron chi connectivity index (χ4n) is 2.68.